The maximum atomic E-state index is 11.0. The van der Waals surface area contributed by atoms with E-state index in [0.29, 0.717) is 11.8 Å². The van der Waals surface area contributed by atoms with E-state index in [1.54, 1.807) is 24.3 Å². The van der Waals surface area contributed by atoms with Gasteiger partial charge in [-0.1, -0.05) is 25.1 Å². The molecule has 0 fully saturated rings. The highest BCUT2D eigenvalue weighted by Crippen LogP contribution is 2.25. The van der Waals surface area contributed by atoms with E-state index < -0.39 is 5.97 Å². The summed E-state index contributed by atoms with van der Waals surface area (Å²) < 4.78 is 0. The molecular weight excluding hydrogens is 340 g/mol. The highest BCUT2D eigenvalue weighted by atomic mass is 16.4. The van der Waals surface area contributed by atoms with E-state index in [-0.39, 0.29) is 5.56 Å². The Hall–Kier alpha value is -3.41. The van der Waals surface area contributed by atoms with E-state index in [1.165, 1.54) is 5.56 Å². The Labute approximate surface area is 158 Å². The molecule has 0 aliphatic heterocycles. The van der Waals surface area contributed by atoms with Crippen LogP contribution in [-0.4, -0.2) is 21.0 Å². The Bertz CT molecular complexity index is 968. The summed E-state index contributed by atoms with van der Waals surface area (Å²) in [6.07, 6.45) is 0.914. The van der Waals surface area contributed by atoms with Crippen molar-refractivity contribution in [1.82, 2.24) is 9.97 Å². The largest absolute Gasteiger partial charge is 0.478 e. The molecule has 0 radical (unpaired) electrons. The van der Waals surface area contributed by atoms with Crippen LogP contribution in [0.15, 0.2) is 48.5 Å². The average molecular weight is 362 g/mol. The smallest absolute Gasteiger partial charge is 0.335 e. The Morgan fingerprint density at radius 2 is 1.78 bits per heavy atom. The summed E-state index contributed by atoms with van der Waals surface area (Å²) in [6.45, 7) is 6.08. The summed E-state index contributed by atoms with van der Waals surface area (Å²) in [6, 6.07) is 14.6. The lowest BCUT2D eigenvalue weighted by Gasteiger charge is -2.14. The molecule has 6 nitrogen and oxygen atoms in total. The molecule has 0 aliphatic carbocycles. The minimum Gasteiger partial charge on any atom is -0.478 e. The second-order valence-electron chi connectivity index (χ2n) is 6.31. The summed E-state index contributed by atoms with van der Waals surface area (Å²) in [5.41, 5.74) is 5.20. The molecule has 27 heavy (non-hydrogen) atoms. The van der Waals surface area contributed by atoms with E-state index >= 15 is 0 Å². The molecule has 0 unspecified atom stereocenters. The third kappa shape index (κ3) is 4.41. The zero-order chi connectivity index (χ0) is 19.4. The van der Waals surface area contributed by atoms with E-state index in [0.717, 1.165) is 29.1 Å². The Kier molecular flexibility index (Phi) is 5.35. The van der Waals surface area contributed by atoms with Gasteiger partial charge in [-0.25, -0.2) is 9.78 Å². The van der Waals surface area contributed by atoms with Gasteiger partial charge < -0.3 is 15.7 Å². The monoisotopic (exact) mass is 362 g/mol. The van der Waals surface area contributed by atoms with Crippen molar-refractivity contribution in [3.63, 3.8) is 0 Å². The number of aromatic carboxylic acids is 1. The number of nitrogens with zero attached hydrogens (tertiary/aromatic N) is 2. The van der Waals surface area contributed by atoms with Gasteiger partial charge in [0.2, 0.25) is 5.95 Å². The van der Waals surface area contributed by atoms with Gasteiger partial charge in [0, 0.05) is 23.1 Å². The number of hydrogen-bond donors (Lipinski definition) is 3. The molecule has 0 spiro atoms. The number of carboxylic acids is 1. The van der Waals surface area contributed by atoms with E-state index in [1.807, 2.05) is 19.1 Å². The van der Waals surface area contributed by atoms with Gasteiger partial charge in [0.15, 0.2) is 0 Å². The number of para-hydroxylation sites is 1. The van der Waals surface area contributed by atoms with Gasteiger partial charge in [0.25, 0.3) is 0 Å². The van der Waals surface area contributed by atoms with Crippen LogP contribution >= 0.6 is 0 Å². The summed E-state index contributed by atoms with van der Waals surface area (Å²) >= 11 is 0. The molecular formula is C21H22N4O2. The maximum absolute atomic E-state index is 11.0. The lowest BCUT2D eigenvalue weighted by atomic mass is 10.1. The minimum absolute atomic E-state index is 0.244. The zero-order valence-corrected chi connectivity index (χ0v) is 15.6. The van der Waals surface area contributed by atoms with Gasteiger partial charge in [-0.2, -0.15) is 4.98 Å². The summed E-state index contributed by atoms with van der Waals surface area (Å²) in [5.74, 6) is 0.208. The highest BCUT2D eigenvalue weighted by Gasteiger charge is 2.09. The molecule has 0 saturated carbocycles. The third-order valence-electron chi connectivity index (χ3n) is 4.24. The Morgan fingerprint density at radius 1 is 1.04 bits per heavy atom. The van der Waals surface area contributed by atoms with Crippen LogP contribution in [0.1, 0.15) is 34.1 Å². The first-order chi connectivity index (χ1) is 13.0. The molecule has 1 heterocycles. The van der Waals surface area contributed by atoms with Crippen LogP contribution in [0.25, 0.3) is 0 Å². The van der Waals surface area contributed by atoms with Gasteiger partial charge >= 0.3 is 5.97 Å². The molecule has 2 aromatic carbocycles. The normalized spacial score (nSPS) is 10.5. The molecule has 1 aromatic heterocycles. The van der Waals surface area contributed by atoms with Crippen molar-refractivity contribution in [2.24, 2.45) is 0 Å². The Morgan fingerprint density at radius 3 is 2.44 bits per heavy atom. The zero-order valence-electron chi connectivity index (χ0n) is 15.6. The van der Waals surface area contributed by atoms with Crippen LogP contribution in [0.3, 0.4) is 0 Å². The van der Waals surface area contributed by atoms with E-state index in [2.05, 4.69) is 46.6 Å². The molecule has 0 amide bonds. The molecule has 3 aromatic rings. The molecule has 3 rings (SSSR count). The van der Waals surface area contributed by atoms with Gasteiger partial charge in [0.05, 0.1) is 5.56 Å². The number of aryl methyl sites for hydroxylation is 3. The number of benzene rings is 2. The second-order valence-corrected chi connectivity index (χ2v) is 6.31. The molecule has 138 valence electrons. The van der Waals surface area contributed by atoms with Crippen LogP contribution < -0.4 is 10.6 Å². The van der Waals surface area contributed by atoms with Crippen molar-refractivity contribution in [2.75, 3.05) is 10.6 Å². The van der Waals surface area contributed by atoms with Crippen molar-refractivity contribution >= 4 is 29.1 Å². The second kappa shape index (κ2) is 7.86. The van der Waals surface area contributed by atoms with E-state index in [9.17, 15) is 4.79 Å². The first-order valence-corrected chi connectivity index (χ1v) is 8.78. The lowest BCUT2D eigenvalue weighted by Crippen LogP contribution is -2.05. The van der Waals surface area contributed by atoms with Crippen LogP contribution in [0.5, 0.6) is 0 Å². The average Bonchev–Trinajstić information content (AvgIpc) is 2.63. The van der Waals surface area contributed by atoms with Crippen LogP contribution in [0, 0.1) is 13.8 Å². The highest BCUT2D eigenvalue weighted by molar-refractivity contribution is 5.88. The van der Waals surface area contributed by atoms with Crippen molar-refractivity contribution in [3.8, 4) is 0 Å². The fourth-order valence-corrected chi connectivity index (χ4v) is 2.85. The molecule has 0 aliphatic rings. The fourth-order valence-electron chi connectivity index (χ4n) is 2.85. The van der Waals surface area contributed by atoms with Gasteiger partial charge in [-0.3, -0.25) is 0 Å². The minimum atomic E-state index is -0.948. The predicted molar refractivity (Wildman–Crippen MR) is 107 cm³/mol. The number of hydrogen-bond acceptors (Lipinski definition) is 5. The van der Waals surface area contributed by atoms with Crippen LogP contribution in [0.2, 0.25) is 0 Å². The topological polar surface area (TPSA) is 87.1 Å². The first kappa shape index (κ1) is 18.4. The fraction of sp³-hybridized carbons (Fsp3) is 0.190. The van der Waals surface area contributed by atoms with Crippen molar-refractivity contribution in [3.05, 3.63) is 70.9 Å². The van der Waals surface area contributed by atoms with Crippen molar-refractivity contribution in [1.29, 1.82) is 0 Å². The quantitative estimate of drug-likeness (QED) is 0.581. The summed E-state index contributed by atoms with van der Waals surface area (Å²) in [4.78, 5) is 20.0. The number of anilines is 4. The molecule has 0 bridgehead atoms. The number of aromatic nitrogens is 2. The predicted octanol–water partition coefficient (Wildman–Crippen LogP) is 4.84. The van der Waals surface area contributed by atoms with Crippen LogP contribution in [-0.2, 0) is 6.42 Å². The van der Waals surface area contributed by atoms with Crippen molar-refractivity contribution in [2.45, 2.75) is 27.2 Å². The van der Waals surface area contributed by atoms with Crippen LogP contribution in [0.4, 0.5) is 23.1 Å². The molecule has 0 saturated heterocycles. The van der Waals surface area contributed by atoms with E-state index in [4.69, 9.17) is 5.11 Å². The van der Waals surface area contributed by atoms with Gasteiger partial charge in [0.1, 0.15) is 5.82 Å². The SMILES string of the molecule is CCc1cccc(C)c1Nc1nc(C)cc(Nc2ccc(C(=O)O)cc2)n1. The van der Waals surface area contributed by atoms with Crippen molar-refractivity contribution < 1.29 is 9.90 Å². The Balaban J connectivity index is 1.85. The standard InChI is InChI=1S/C21H22N4O2/c1-4-15-7-5-6-13(2)19(15)25-21-22-14(3)12-18(24-21)23-17-10-8-16(9-11-17)20(26)27/h5-12H,4H2,1-3H3,(H,26,27)(H2,22,23,24,25). The number of carbonyl (C=O) groups is 1. The molecule has 0 atom stereocenters. The lowest BCUT2D eigenvalue weighted by molar-refractivity contribution is 0.0697. The maximum Gasteiger partial charge on any atom is 0.335 e. The number of carboxylic acid groups (broad SMARTS) is 1. The summed E-state index contributed by atoms with van der Waals surface area (Å²) in [7, 11) is 0. The summed E-state index contributed by atoms with van der Waals surface area (Å²) in [5, 5.41) is 15.5. The number of nitrogens with one attached hydrogen (secondary N) is 2. The van der Waals surface area contributed by atoms with Gasteiger partial charge in [-0.15, -0.1) is 0 Å². The molecule has 3 N–H and O–H groups in total. The number of rotatable bonds is 6. The molecule has 6 heteroatoms. The third-order valence-corrected chi connectivity index (χ3v) is 4.24. The van der Waals surface area contributed by atoms with Gasteiger partial charge in [-0.05, 0) is 55.7 Å². The first-order valence-electron chi connectivity index (χ1n) is 8.78.